The lowest BCUT2D eigenvalue weighted by Gasteiger charge is -2.25. The summed E-state index contributed by atoms with van der Waals surface area (Å²) in [4.78, 5) is 27.3. The van der Waals surface area contributed by atoms with Crippen LogP contribution in [0.25, 0.3) is 0 Å². The molecule has 53 heavy (non-hydrogen) atoms. The highest BCUT2D eigenvalue weighted by molar-refractivity contribution is 5.70. The molecule has 0 heterocycles. The van der Waals surface area contributed by atoms with Crippen molar-refractivity contribution in [2.45, 2.75) is 247 Å². The Kier molecular flexibility index (Phi) is 39.7. The van der Waals surface area contributed by atoms with E-state index in [2.05, 4.69) is 46.4 Å². The second-order valence-corrected chi connectivity index (χ2v) is 16.7. The Balaban J connectivity index is 3.96. The van der Waals surface area contributed by atoms with Gasteiger partial charge in [-0.05, 0) is 82.2 Å². The smallest absolute Gasteiger partial charge is 0.306 e. The molecule has 5 heteroatoms. The molecule has 0 bridgehead atoms. The van der Waals surface area contributed by atoms with Crippen LogP contribution in [0.5, 0.6) is 0 Å². The minimum Gasteiger partial charge on any atom is -0.466 e. The van der Waals surface area contributed by atoms with Gasteiger partial charge in [-0.2, -0.15) is 0 Å². The lowest BCUT2D eigenvalue weighted by molar-refractivity contribution is -0.146. The number of nitrogens with zero attached hydrogens (tertiary/aromatic N) is 1. The Morgan fingerprint density at radius 2 is 0.660 bits per heavy atom. The molecule has 0 amide bonds. The molecule has 0 aliphatic heterocycles. The van der Waals surface area contributed by atoms with Crippen molar-refractivity contribution in [1.82, 2.24) is 4.90 Å². The zero-order chi connectivity index (χ0) is 39.0. The van der Waals surface area contributed by atoms with Gasteiger partial charge in [0.05, 0.1) is 13.2 Å². The lowest BCUT2D eigenvalue weighted by atomic mass is 9.93. The highest BCUT2D eigenvalue weighted by Crippen LogP contribution is 2.23. The number of esters is 2. The molecule has 0 atom stereocenters. The lowest BCUT2D eigenvalue weighted by Crippen LogP contribution is -2.29. The number of carbonyl (C=O) groups is 2. The van der Waals surface area contributed by atoms with Gasteiger partial charge < -0.3 is 14.4 Å². The van der Waals surface area contributed by atoms with Gasteiger partial charge in [-0.1, -0.05) is 183 Å². The molecule has 0 aromatic rings. The molecule has 0 aromatic carbocycles. The molecular formula is C48H95NO4. The van der Waals surface area contributed by atoms with E-state index in [1.54, 1.807) is 0 Å². The number of rotatable bonds is 42. The average Bonchev–Trinajstić information content (AvgIpc) is 3.16. The standard InChI is InChI=1S/C48H95NO4/c1-7-13-33-44(34-14-8-2)41-47(50)52-39-31-27-23-19-17-21-25-29-37-46(43-49(11-5)12-6)38-30-26-22-18-20-24-28-32-40-53-48(51)42-45(35-15-9-3)36-16-10-4/h44-46H,7-43H2,1-6H3. The minimum absolute atomic E-state index is 0.0317. The van der Waals surface area contributed by atoms with Crippen LogP contribution >= 0.6 is 0 Å². The fourth-order valence-electron chi connectivity index (χ4n) is 7.99. The van der Waals surface area contributed by atoms with E-state index in [0.717, 1.165) is 18.8 Å². The summed E-state index contributed by atoms with van der Waals surface area (Å²) >= 11 is 0. The number of carbonyl (C=O) groups excluding carboxylic acids is 2. The SMILES string of the molecule is CCCCC(CCCC)CC(=O)OCCCCCCCCCCC(CCCCCCCCCCOC(=O)CC(CCCC)CCCC)CN(CC)CC. The summed E-state index contributed by atoms with van der Waals surface area (Å²) in [7, 11) is 0. The largest absolute Gasteiger partial charge is 0.466 e. The Hall–Kier alpha value is -1.10. The molecule has 316 valence electrons. The molecule has 0 radical (unpaired) electrons. The predicted octanol–water partition coefficient (Wildman–Crippen LogP) is 14.8. The molecule has 0 rings (SSSR count). The van der Waals surface area contributed by atoms with Crippen LogP contribution < -0.4 is 0 Å². The van der Waals surface area contributed by atoms with Crippen molar-refractivity contribution in [3.63, 3.8) is 0 Å². The molecule has 0 saturated carbocycles. The Morgan fingerprint density at radius 3 is 0.962 bits per heavy atom. The van der Waals surface area contributed by atoms with Crippen LogP contribution in [0, 0.1) is 17.8 Å². The summed E-state index contributed by atoms with van der Waals surface area (Å²) in [6.45, 7) is 18.4. The van der Waals surface area contributed by atoms with Crippen LogP contribution in [-0.4, -0.2) is 49.7 Å². The third-order valence-corrected chi connectivity index (χ3v) is 11.7. The topological polar surface area (TPSA) is 55.8 Å². The molecule has 0 aromatic heterocycles. The molecule has 0 saturated heterocycles. The van der Waals surface area contributed by atoms with E-state index in [9.17, 15) is 9.59 Å². The van der Waals surface area contributed by atoms with Crippen molar-refractivity contribution in [2.75, 3.05) is 32.8 Å². The van der Waals surface area contributed by atoms with Gasteiger partial charge in [0.25, 0.3) is 0 Å². The fraction of sp³-hybridized carbons (Fsp3) is 0.958. The third-order valence-electron chi connectivity index (χ3n) is 11.7. The monoisotopic (exact) mass is 750 g/mol. The maximum atomic E-state index is 12.3. The summed E-state index contributed by atoms with van der Waals surface area (Å²) in [5.74, 6) is 1.95. The summed E-state index contributed by atoms with van der Waals surface area (Å²) in [5, 5.41) is 0. The van der Waals surface area contributed by atoms with Gasteiger partial charge in [0.2, 0.25) is 0 Å². The van der Waals surface area contributed by atoms with Crippen molar-refractivity contribution in [2.24, 2.45) is 17.8 Å². The molecule has 0 aliphatic carbocycles. The second-order valence-electron chi connectivity index (χ2n) is 16.7. The van der Waals surface area contributed by atoms with Crippen molar-refractivity contribution >= 4 is 11.9 Å². The van der Waals surface area contributed by atoms with Crippen LogP contribution in [0.2, 0.25) is 0 Å². The highest BCUT2D eigenvalue weighted by Gasteiger charge is 2.16. The third kappa shape index (κ3) is 35.1. The number of unbranched alkanes of at least 4 members (excludes halogenated alkanes) is 18. The van der Waals surface area contributed by atoms with Crippen LogP contribution in [0.3, 0.4) is 0 Å². The normalized spacial score (nSPS) is 11.8. The number of ether oxygens (including phenoxy) is 2. The van der Waals surface area contributed by atoms with Crippen LogP contribution in [-0.2, 0) is 19.1 Å². The van der Waals surface area contributed by atoms with Gasteiger partial charge in [0.1, 0.15) is 0 Å². The van der Waals surface area contributed by atoms with Gasteiger partial charge in [-0.15, -0.1) is 0 Å². The van der Waals surface area contributed by atoms with Crippen molar-refractivity contribution in [3.8, 4) is 0 Å². The second kappa shape index (κ2) is 40.6. The molecule has 0 fully saturated rings. The van der Waals surface area contributed by atoms with Crippen LogP contribution in [0.1, 0.15) is 247 Å². The van der Waals surface area contributed by atoms with Gasteiger partial charge in [-0.3, -0.25) is 9.59 Å². The molecule has 0 aliphatic rings. The summed E-state index contributed by atoms with van der Waals surface area (Å²) in [5.41, 5.74) is 0. The zero-order valence-corrected chi connectivity index (χ0v) is 37.0. The van der Waals surface area contributed by atoms with E-state index in [-0.39, 0.29) is 11.9 Å². The summed E-state index contributed by atoms with van der Waals surface area (Å²) in [6.07, 6.45) is 39.0. The van der Waals surface area contributed by atoms with Gasteiger partial charge in [0.15, 0.2) is 0 Å². The Labute approximate surface area is 332 Å². The van der Waals surface area contributed by atoms with Crippen molar-refractivity contribution in [3.05, 3.63) is 0 Å². The van der Waals surface area contributed by atoms with Gasteiger partial charge >= 0.3 is 11.9 Å². The maximum Gasteiger partial charge on any atom is 0.306 e. The first kappa shape index (κ1) is 51.9. The van der Waals surface area contributed by atoms with E-state index < -0.39 is 0 Å². The molecular weight excluding hydrogens is 655 g/mol. The molecule has 0 spiro atoms. The zero-order valence-electron chi connectivity index (χ0n) is 37.0. The van der Waals surface area contributed by atoms with Gasteiger partial charge in [0, 0.05) is 19.4 Å². The minimum atomic E-state index is 0.0317. The Morgan fingerprint density at radius 1 is 0.377 bits per heavy atom. The first-order valence-corrected chi connectivity index (χ1v) is 24.0. The van der Waals surface area contributed by atoms with Crippen LogP contribution in [0.4, 0.5) is 0 Å². The molecule has 5 nitrogen and oxygen atoms in total. The van der Waals surface area contributed by atoms with E-state index in [1.165, 1.54) is 199 Å². The first-order chi connectivity index (χ1) is 25.9. The molecule has 0 unspecified atom stereocenters. The average molecular weight is 750 g/mol. The van der Waals surface area contributed by atoms with Crippen LogP contribution in [0.15, 0.2) is 0 Å². The fourth-order valence-corrected chi connectivity index (χ4v) is 7.99. The van der Waals surface area contributed by atoms with Crippen molar-refractivity contribution < 1.29 is 19.1 Å². The maximum absolute atomic E-state index is 12.3. The van der Waals surface area contributed by atoms with E-state index in [0.29, 0.717) is 37.9 Å². The first-order valence-electron chi connectivity index (χ1n) is 24.0. The quantitative estimate of drug-likeness (QED) is 0.0459. The number of hydrogen-bond donors (Lipinski definition) is 0. The summed E-state index contributed by atoms with van der Waals surface area (Å²) in [6, 6.07) is 0. The van der Waals surface area contributed by atoms with E-state index in [1.807, 2.05) is 0 Å². The van der Waals surface area contributed by atoms with E-state index >= 15 is 0 Å². The van der Waals surface area contributed by atoms with Crippen molar-refractivity contribution in [1.29, 1.82) is 0 Å². The molecule has 0 N–H and O–H groups in total. The van der Waals surface area contributed by atoms with E-state index in [4.69, 9.17) is 9.47 Å². The highest BCUT2D eigenvalue weighted by atomic mass is 16.5. The Bertz CT molecular complexity index is 697. The predicted molar refractivity (Wildman–Crippen MR) is 231 cm³/mol. The number of hydrogen-bond acceptors (Lipinski definition) is 5. The summed E-state index contributed by atoms with van der Waals surface area (Å²) < 4.78 is 11.2. The van der Waals surface area contributed by atoms with Gasteiger partial charge in [-0.25, -0.2) is 0 Å².